The molecule has 0 saturated heterocycles. The van der Waals surface area contributed by atoms with Crippen molar-refractivity contribution < 1.29 is 4.42 Å². The van der Waals surface area contributed by atoms with Gasteiger partial charge in [-0.05, 0) is 375 Å². The van der Waals surface area contributed by atoms with E-state index in [0.29, 0.717) is 0 Å². The topological polar surface area (TPSA) is 32.9 Å². The molecule has 5 heteroatoms. The van der Waals surface area contributed by atoms with Gasteiger partial charge in [0.1, 0.15) is 11.2 Å². The first-order valence-corrected chi connectivity index (χ1v) is 50.2. The first-order valence-electron chi connectivity index (χ1n) is 50.2. The monoisotopic (exact) mass is 1830 g/mol. The van der Waals surface area contributed by atoms with E-state index >= 15 is 0 Å². The predicted molar refractivity (Wildman–Crippen MR) is 609 cm³/mol. The Morgan fingerprint density at radius 1 is 0.167 bits per heavy atom. The average Bonchev–Trinajstić information content (AvgIpc) is 1.54. The van der Waals surface area contributed by atoms with Crippen LogP contribution in [0.1, 0.15) is 30.5 Å². The number of aryl methyl sites for hydroxylation is 2. The van der Waals surface area contributed by atoms with Crippen molar-refractivity contribution in [2.75, 3.05) is 0 Å². The summed E-state index contributed by atoms with van der Waals surface area (Å²) in [5, 5.41) is 16.6. The molecule has 676 valence electrons. The average molecular weight is 1840 g/mol. The third kappa shape index (κ3) is 14.0. The quantitative estimate of drug-likeness (QED) is 0.0894. The number of fused-ring (bicyclic) bond motifs is 17. The zero-order valence-electron chi connectivity index (χ0n) is 79.9. The van der Waals surface area contributed by atoms with Crippen LogP contribution in [0, 0.1) is 6.92 Å². The standard InChI is InChI=1S/C139H94N4O/c1-4-88-73-116(74-89(5-2)87(88)3)143-135-65-51-103(77-125(135)126-82-108(56-66-136(126)143)106-54-63-132-123(80-106)122-78-104(101-48-45-92-31-21-22-36-96(92)69-101)52-62-131(122)141(132)114-58-49-93-46-47-100(72-111(93)75-114)90-27-11-6-12-28-90)98-38-25-37-97(70-98)99-39-26-40-110(71-99)139-118(94-32-15-8-16-33-94)84-112(85-119(139)95-34-17-9-18-35-95)109-57-67-134-127(83-109)124-81-107(55-64-133(124)142(134)115-59-68-138-128(86-115)117-43-23-24-44-137(117)144-138)105-53-61-130-121(79-105)120-76-102(91-29-13-7-14-30-91)50-60-129(120)140(130)113-41-19-10-20-42-113/h6-86H,4-5H2,1-3H3. The normalized spacial score (nSPS) is 11.9. The highest BCUT2D eigenvalue weighted by Crippen LogP contribution is 2.50. The molecular weight excluding hydrogens is 1740 g/mol. The molecule has 0 radical (unpaired) electrons. The van der Waals surface area contributed by atoms with Gasteiger partial charge in [0.25, 0.3) is 0 Å². The first kappa shape index (κ1) is 83.7. The van der Waals surface area contributed by atoms with Gasteiger partial charge in [0, 0.05) is 76.6 Å². The predicted octanol–water partition coefficient (Wildman–Crippen LogP) is 38.1. The summed E-state index contributed by atoms with van der Waals surface area (Å²) in [4.78, 5) is 0. The molecule has 0 N–H and O–H groups in total. The van der Waals surface area contributed by atoms with Crippen LogP contribution in [-0.4, -0.2) is 18.3 Å². The van der Waals surface area contributed by atoms with Crippen LogP contribution in [0.25, 0.3) is 276 Å². The Morgan fingerprint density at radius 2 is 0.465 bits per heavy atom. The molecule has 0 saturated carbocycles. The number of hydrogen-bond donors (Lipinski definition) is 0. The van der Waals surface area contributed by atoms with Gasteiger partial charge in [0.05, 0.1) is 44.1 Å². The Kier molecular flexibility index (Phi) is 19.8. The Labute approximate surface area is 834 Å². The molecule has 0 aliphatic heterocycles. The number of aromatic nitrogens is 4. The van der Waals surface area contributed by atoms with E-state index in [1.165, 1.54) is 132 Å². The van der Waals surface area contributed by atoms with Crippen LogP contribution in [0.3, 0.4) is 0 Å². The smallest absolute Gasteiger partial charge is 0.135 e. The molecule has 0 spiro atoms. The Morgan fingerprint density at radius 3 is 0.917 bits per heavy atom. The molecule has 144 heavy (non-hydrogen) atoms. The fraction of sp³-hybridized carbons (Fsp3) is 0.0360. The number of rotatable bonds is 17. The Balaban J connectivity index is 0.573. The summed E-state index contributed by atoms with van der Waals surface area (Å²) in [6.45, 7) is 6.89. The lowest BCUT2D eigenvalue weighted by Crippen LogP contribution is -2.01. The highest BCUT2D eigenvalue weighted by atomic mass is 16.3. The molecule has 28 rings (SSSR count). The van der Waals surface area contributed by atoms with E-state index in [1.807, 2.05) is 6.07 Å². The molecule has 0 aliphatic carbocycles. The van der Waals surface area contributed by atoms with Crippen LogP contribution in [0.5, 0.6) is 0 Å². The summed E-state index contributed by atoms with van der Waals surface area (Å²) < 4.78 is 16.4. The summed E-state index contributed by atoms with van der Waals surface area (Å²) in [6.07, 6.45) is 1.90. The van der Waals surface area contributed by atoms with E-state index < -0.39 is 0 Å². The molecule has 0 amide bonds. The van der Waals surface area contributed by atoms with Crippen LogP contribution in [0.2, 0.25) is 0 Å². The largest absolute Gasteiger partial charge is 0.456 e. The molecule has 28 aromatic rings. The van der Waals surface area contributed by atoms with Gasteiger partial charge in [-0.1, -0.05) is 311 Å². The SMILES string of the molecule is CCc1cc(-n2c3ccc(-c4cccc(-c5cccc(-c6c(-c7ccccc7)cc(-c7ccc8c(c7)c7cc(-c9ccc%10c(c9)c9cc(-c%11ccccc%11)ccc9n%10-c9ccccc9)ccc7n8-c7ccc8oc9ccccc9c8c7)cc6-c6ccccc6)c5)c4)cc3c3cc(-c4ccc5c(c4)c4cc(-c6ccc7ccccc7c6)ccc4n5-c4ccc5ccc(-c6ccccc6)cc5c4)ccc32)cc(CC)c1C. The van der Waals surface area contributed by atoms with E-state index in [9.17, 15) is 0 Å². The van der Waals surface area contributed by atoms with Gasteiger partial charge in [0.2, 0.25) is 0 Å². The summed E-state index contributed by atoms with van der Waals surface area (Å²) in [5.74, 6) is 0. The lowest BCUT2D eigenvalue weighted by Gasteiger charge is -2.20. The molecule has 0 atom stereocenters. The number of nitrogens with zero attached hydrogens (tertiary/aromatic N) is 4. The lowest BCUT2D eigenvalue weighted by molar-refractivity contribution is 0.669. The van der Waals surface area contributed by atoms with E-state index in [4.69, 9.17) is 4.42 Å². The summed E-state index contributed by atoms with van der Waals surface area (Å²) in [6, 6.07) is 184. The number of para-hydroxylation sites is 2. The fourth-order valence-corrected chi connectivity index (χ4v) is 23.5. The van der Waals surface area contributed by atoms with Gasteiger partial charge in [-0.3, -0.25) is 0 Å². The van der Waals surface area contributed by atoms with Gasteiger partial charge in [-0.2, -0.15) is 0 Å². The maximum atomic E-state index is 6.50. The Hall–Kier alpha value is -18.4. The summed E-state index contributed by atoms with van der Waals surface area (Å²) in [7, 11) is 0. The third-order valence-electron chi connectivity index (χ3n) is 30.7. The minimum Gasteiger partial charge on any atom is -0.456 e. The van der Waals surface area contributed by atoms with Crippen molar-refractivity contribution in [1.82, 2.24) is 18.3 Å². The van der Waals surface area contributed by atoms with E-state index in [2.05, 4.69) is 524 Å². The molecule has 5 aromatic heterocycles. The second-order valence-electron chi connectivity index (χ2n) is 38.8. The maximum absolute atomic E-state index is 6.50. The minimum absolute atomic E-state index is 0.866. The maximum Gasteiger partial charge on any atom is 0.135 e. The number of benzene rings is 23. The first-order chi connectivity index (χ1) is 71.1. The highest BCUT2D eigenvalue weighted by Gasteiger charge is 2.26. The van der Waals surface area contributed by atoms with Crippen LogP contribution in [-0.2, 0) is 12.8 Å². The lowest BCUT2D eigenvalue weighted by atomic mass is 9.84. The molecule has 0 fully saturated rings. The van der Waals surface area contributed by atoms with Crippen LogP contribution in [0.4, 0.5) is 0 Å². The second-order valence-corrected chi connectivity index (χ2v) is 38.8. The van der Waals surface area contributed by atoms with Crippen LogP contribution in [0.15, 0.2) is 496 Å². The molecule has 0 aliphatic rings. The molecule has 5 heterocycles. The van der Waals surface area contributed by atoms with Gasteiger partial charge in [-0.25, -0.2) is 0 Å². The molecule has 5 nitrogen and oxygen atoms in total. The van der Waals surface area contributed by atoms with Crippen LogP contribution >= 0.6 is 0 Å². The van der Waals surface area contributed by atoms with Gasteiger partial charge in [0.15, 0.2) is 0 Å². The van der Waals surface area contributed by atoms with Crippen molar-refractivity contribution in [3.8, 4) is 145 Å². The van der Waals surface area contributed by atoms with Crippen molar-refractivity contribution in [3.63, 3.8) is 0 Å². The molecule has 23 aromatic carbocycles. The number of hydrogen-bond acceptors (Lipinski definition) is 1. The van der Waals surface area contributed by atoms with E-state index in [-0.39, 0.29) is 0 Å². The molecule has 0 unspecified atom stereocenters. The van der Waals surface area contributed by atoms with Crippen molar-refractivity contribution >= 4 is 131 Å². The van der Waals surface area contributed by atoms with Gasteiger partial charge >= 0.3 is 0 Å². The van der Waals surface area contributed by atoms with E-state index in [0.717, 1.165) is 174 Å². The fourth-order valence-electron chi connectivity index (χ4n) is 23.5. The zero-order chi connectivity index (χ0) is 95.3. The minimum atomic E-state index is 0.866. The van der Waals surface area contributed by atoms with Gasteiger partial charge < -0.3 is 22.7 Å². The highest BCUT2D eigenvalue weighted by molar-refractivity contribution is 6.18. The van der Waals surface area contributed by atoms with Crippen LogP contribution < -0.4 is 0 Å². The van der Waals surface area contributed by atoms with Crippen molar-refractivity contribution in [1.29, 1.82) is 0 Å². The van der Waals surface area contributed by atoms with Gasteiger partial charge in [-0.15, -0.1) is 0 Å². The summed E-state index contributed by atoms with van der Waals surface area (Å²) >= 11 is 0. The van der Waals surface area contributed by atoms with Crippen molar-refractivity contribution in [2.24, 2.45) is 0 Å². The Bertz CT molecular complexity index is 10000. The van der Waals surface area contributed by atoms with E-state index in [1.54, 1.807) is 0 Å². The molecular formula is C139H94N4O. The second kappa shape index (κ2) is 34.0. The molecule has 0 bridgehead atoms. The van der Waals surface area contributed by atoms with Crippen molar-refractivity contribution in [2.45, 2.75) is 33.6 Å². The number of furan rings is 1. The summed E-state index contributed by atoms with van der Waals surface area (Å²) in [5.41, 5.74) is 45.1. The van der Waals surface area contributed by atoms with Crippen molar-refractivity contribution in [3.05, 3.63) is 508 Å². The third-order valence-corrected chi connectivity index (χ3v) is 30.7. The zero-order valence-corrected chi connectivity index (χ0v) is 79.9.